The Bertz CT molecular complexity index is 319. The van der Waals surface area contributed by atoms with E-state index in [0.29, 0.717) is 6.04 Å². The lowest BCUT2D eigenvalue weighted by Crippen LogP contribution is -2.42. The van der Waals surface area contributed by atoms with Crippen molar-refractivity contribution in [2.45, 2.75) is 85.2 Å². The number of nitrogens with zero attached hydrogens (tertiary/aromatic N) is 1. The van der Waals surface area contributed by atoms with Crippen LogP contribution < -0.4 is 5.32 Å². The molecule has 0 bridgehead atoms. The molecule has 0 radical (unpaired) electrons. The SMILES string of the molecule is CCC1CC(CC)C(N=C(NC(C)(C)C)SC)C(CC)C1. The van der Waals surface area contributed by atoms with Gasteiger partial charge in [-0.2, -0.15) is 0 Å². The molecule has 2 nitrogen and oxygen atoms in total. The number of amidine groups is 1. The molecule has 2 unspecified atom stereocenters. The summed E-state index contributed by atoms with van der Waals surface area (Å²) in [5.41, 5.74) is 0.0892. The summed E-state index contributed by atoms with van der Waals surface area (Å²) in [6.45, 7) is 13.7. The van der Waals surface area contributed by atoms with Crippen molar-refractivity contribution in [2.75, 3.05) is 6.26 Å². The molecule has 0 spiro atoms. The number of hydrogen-bond donors (Lipinski definition) is 1. The summed E-state index contributed by atoms with van der Waals surface area (Å²) < 4.78 is 0. The van der Waals surface area contributed by atoms with Crippen molar-refractivity contribution >= 4 is 16.9 Å². The Kier molecular flexibility index (Phi) is 7.59. The van der Waals surface area contributed by atoms with E-state index in [2.05, 4.69) is 53.1 Å². The van der Waals surface area contributed by atoms with Crippen LogP contribution in [0.1, 0.15) is 73.6 Å². The van der Waals surface area contributed by atoms with Gasteiger partial charge in [-0.3, -0.25) is 4.99 Å². The average molecular weight is 313 g/mol. The predicted octanol–water partition coefficient (Wildman–Crippen LogP) is 5.33. The minimum Gasteiger partial charge on any atom is -0.360 e. The standard InChI is InChI=1S/C18H36N2S/c1-8-13-11-14(9-2)16(15(10-3)12-13)19-17(21-7)20-18(4,5)6/h13-16H,8-12H2,1-7H3,(H,19,20). The van der Waals surface area contributed by atoms with Crippen LogP contribution in [0.3, 0.4) is 0 Å². The monoisotopic (exact) mass is 312 g/mol. The van der Waals surface area contributed by atoms with Crippen LogP contribution in [-0.2, 0) is 0 Å². The molecule has 1 saturated carbocycles. The first-order chi connectivity index (χ1) is 9.84. The molecule has 124 valence electrons. The third kappa shape index (κ3) is 5.84. The van der Waals surface area contributed by atoms with Crippen molar-refractivity contribution in [3.63, 3.8) is 0 Å². The van der Waals surface area contributed by atoms with Gasteiger partial charge in [-0.25, -0.2) is 0 Å². The summed E-state index contributed by atoms with van der Waals surface area (Å²) in [5, 5.41) is 4.71. The van der Waals surface area contributed by atoms with Crippen LogP contribution in [0, 0.1) is 17.8 Å². The molecule has 0 heterocycles. The van der Waals surface area contributed by atoms with Gasteiger partial charge in [-0.05, 0) is 57.6 Å². The molecule has 0 aliphatic heterocycles. The molecule has 1 aliphatic carbocycles. The Morgan fingerprint density at radius 1 is 1.05 bits per heavy atom. The third-order valence-corrected chi connectivity index (χ3v) is 5.40. The molecule has 1 rings (SSSR count). The van der Waals surface area contributed by atoms with Crippen LogP contribution in [0.25, 0.3) is 0 Å². The van der Waals surface area contributed by atoms with Gasteiger partial charge in [-0.1, -0.05) is 51.8 Å². The van der Waals surface area contributed by atoms with Gasteiger partial charge >= 0.3 is 0 Å². The van der Waals surface area contributed by atoms with E-state index in [1.54, 1.807) is 11.8 Å². The molecule has 0 saturated heterocycles. The summed E-state index contributed by atoms with van der Waals surface area (Å²) in [5.74, 6) is 2.44. The molecule has 0 aromatic rings. The number of hydrogen-bond acceptors (Lipinski definition) is 2. The molecule has 1 fully saturated rings. The van der Waals surface area contributed by atoms with Crippen molar-refractivity contribution in [2.24, 2.45) is 22.7 Å². The van der Waals surface area contributed by atoms with Gasteiger partial charge in [0.15, 0.2) is 5.17 Å². The second-order valence-corrected chi connectivity index (χ2v) is 8.38. The maximum absolute atomic E-state index is 5.18. The molecule has 0 aromatic carbocycles. The smallest absolute Gasteiger partial charge is 0.156 e. The van der Waals surface area contributed by atoms with Crippen molar-refractivity contribution in [3.05, 3.63) is 0 Å². The maximum Gasteiger partial charge on any atom is 0.156 e. The van der Waals surface area contributed by atoms with E-state index in [1.807, 2.05) is 0 Å². The number of thioether (sulfide) groups is 1. The first kappa shape index (κ1) is 18.9. The van der Waals surface area contributed by atoms with Crippen molar-refractivity contribution in [3.8, 4) is 0 Å². The molecule has 2 atom stereocenters. The molecular formula is C18H36N2S. The highest BCUT2D eigenvalue weighted by Crippen LogP contribution is 2.40. The predicted molar refractivity (Wildman–Crippen MR) is 98.2 cm³/mol. The lowest BCUT2D eigenvalue weighted by Gasteiger charge is -2.40. The first-order valence-corrected chi connectivity index (χ1v) is 9.96. The van der Waals surface area contributed by atoms with Crippen LogP contribution in [-0.4, -0.2) is 23.0 Å². The number of nitrogens with one attached hydrogen (secondary N) is 1. The highest BCUT2D eigenvalue weighted by Gasteiger charge is 2.35. The molecule has 21 heavy (non-hydrogen) atoms. The molecular weight excluding hydrogens is 276 g/mol. The van der Waals surface area contributed by atoms with E-state index in [4.69, 9.17) is 4.99 Å². The van der Waals surface area contributed by atoms with E-state index in [1.165, 1.54) is 32.1 Å². The highest BCUT2D eigenvalue weighted by molar-refractivity contribution is 8.13. The Morgan fingerprint density at radius 3 is 1.90 bits per heavy atom. The summed E-state index contributed by atoms with van der Waals surface area (Å²) in [4.78, 5) is 5.18. The number of rotatable bonds is 4. The van der Waals surface area contributed by atoms with Crippen LogP contribution >= 0.6 is 11.8 Å². The first-order valence-electron chi connectivity index (χ1n) is 8.74. The maximum atomic E-state index is 5.18. The molecule has 1 N–H and O–H groups in total. The van der Waals surface area contributed by atoms with Gasteiger partial charge in [-0.15, -0.1) is 0 Å². The lowest BCUT2D eigenvalue weighted by molar-refractivity contribution is 0.151. The largest absolute Gasteiger partial charge is 0.360 e. The fourth-order valence-electron chi connectivity index (χ4n) is 3.57. The zero-order valence-electron chi connectivity index (χ0n) is 15.2. The second kappa shape index (κ2) is 8.45. The Morgan fingerprint density at radius 2 is 1.57 bits per heavy atom. The van der Waals surface area contributed by atoms with E-state index in [9.17, 15) is 0 Å². The zero-order chi connectivity index (χ0) is 16.0. The van der Waals surface area contributed by atoms with Gasteiger partial charge in [0.2, 0.25) is 0 Å². The van der Waals surface area contributed by atoms with E-state index < -0.39 is 0 Å². The Labute approximate surface area is 137 Å². The van der Waals surface area contributed by atoms with Crippen LogP contribution in [0.2, 0.25) is 0 Å². The highest BCUT2D eigenvalue weighted by atomic mass is 32.2. The lowest BCUT2D eigenvalue weighted by atomic mass is 9.69. The van der Waals surface area contributed by atoms with Crippen LogP contribution in [0.4, 0.5) is 0 Å². The minimum absolute atomic E-state index is 0.0892. The Balaban J connectivity index is 2.93. The normalized spacial score (nSPS) is 31.3. The fraction of sp³-hybridized carbons (Fsp3) is 0.944. The van der Waals surface area contributed by atoms with Gasteiger partial charge < -0.3 is 5.32 Å². The molecule has 0 amide bonds. The molecule has 0 aromatic heterocycles. The van der Waals surface area contributed by atoms with Crippen molar-refractivity contribution in [1.82, 2.24) is 5.32 Å². The summed E-state index contributed by atoms with van der Waals surface area (Å²) in [6.07, 6.45) is 8.73. The van der Waals surface area contributed by atoms with Gasteiger partial charge in [0.05, 0.1) is 6.04 Å². The van der Waals surface area contributed by atoms with Crippen LogP contribution in [0.5, 0.6) is 0 Å². The third-order valence-electron chi connectivity index (χ3n) is 4.81. The van der Waals surface area contributed by atoms with E-state index >= 15 is 0 Å². The molecule has 3 heteroatoms. The van der Waals surface area contributed by atoms with Crippen LogP contribution in [0.15, 0.2) is 4.99 Å². The summed E-state index contributed by atoms with van der Waals surface area (Å²) in [6, 6.07) is 0.514. The van der Waals surface area contributed by atoms with E-state index in [0.717, 1.165) is 22.9 Å². The second-order valence-electron chi connectivity index (χ2n) is 7.59. The van der Waals surface area contributed by atoms with Crippen molar-refractivity contribution in [1.29, 1.82) is 0 Å². The van der Waals surface area contributed by atoms with Gasteiger partial charge in [0.1, 0.15) is 0 Å². The average Bonchev–Trinajstić information content (AvgIpc) is 2.44. The number of aliphatic imine (C=N–C) groups is 1. The molecule has 1 aliphatic rings. The summed E-state index contributed by atoms with van der Waals surface area (Å²) in [7, 11) is 0. The summed E-state index contributed by atoms with van der Waals surface area (Å²) >= 11 is 1.76. The van der Waals surface area contributed by atoms with Gasteiger partial charge in [0, 0.05) is 5.54 Å². The topological polar surface area (TPSA) is 24.4 Å². The quantitative estimate of drug-likeness (QED) is 0.560. The van der Waals surface area contributed by atoms with Crippen molar-refractivity contribution < 1.29 is 0 Å². The van der Waals surface area contributed by atoms with E-state index in [-0.39, 0.29) is 5.54 Å². The van der Waals surface area contributed by atoms with Gasteiger partial charge in [0.25, 0.3) is 0 Å². The fourth-order valence-corrected chi connectivity index (χ4v) is 4.20. The minimum atomic E-state index is 0.0892. The zero-order valence-corrected chi connectivity index (χ0v) is 16.0. The Hall–Kier alpha value is -0.180.